The lowest BCUT2D eigenvalue weighted by molar-refractivity contribution is -0.388. The standard InChI is InChI=1S/C8H7N5O2S/c9-6-2-1-5(13(14)15)7(12-6)16-8-10-3-4-11-8/h1-4H,(H2,9,12)(H,10,11). The van der Waals surface area contributed by atoms with E-state index in [9.17, 15) is 10.1 Å². The Morgan fingerprint density at radius 1 is 1.50 bits per heavy atom. The molecule has 2 heterocycles. The van der Waals surface area contributed by atoms with E-state index >= 15 is 0 Å². The minimum absolute atomic E-state index is 0.0874. The summed E-state index contributed by atoms with van der Waals surface area (Å²) in [5.41, 5.74) is 5.39. The van der Waals surface area contributed by atoms with Crippen LogP contribution in [0.3, 0.4) is 0 Å². The number of aromatic nitrogens is 3. The first-order chi connectivity index (χ1) is 7.66. The molecule has 0 aliphatic rings. The van der Waals surface area contributed by atoms with E-state index in [-0.39, 0.29) is 16.5 Å². The van der Waals surface area contributed by atoms with Crippen molar-refractivity contribution in [1.82, 2.24) is 15.0 Å². The summed E-state index contributed by atoms with van der Waals surface area (Å²) in [4.78, 5) is 20.9. The van der Waals surface area contributed by atoms with E-state index in [0.29, 0.717) is 5.16 Å². The van der Waals surface area contributed by atoms with Gasteiger partial charge in [-0.1, -0.05) is 0 Å². The van der Waals surface area contributed by atoms with Gasteiger partial charge >= 0.3 is 5.69 Å². The quantitative estimate of drug-likeness (QED) is 0.617. The molecule has 16 heavy (non-hydrogen) atoms. The second-order valence-corrected chi connectivity index (χ2v) is 3.79. The Morgan fingerprint density at radius 2 is 2.31 bits per heavy atom. The molecular weight excluding hydrogens is 230 g/mol. The van der Waals surface area contributed by atoms with Crippen molar-refractivity contribution in [3.8, 4) is 0 Å². The van der Waals surface area contributed by atoms with Crippen molar-refractivity contribution in [2.24, 2.45) is 0 Å². The third-order valence-corrected chi connectivity index (χ3v) is 2.64. The van der Waals surface area contributed by atoms with Crippen molar-refractivity contribution >= 4 is 23.3 Å². The molecule has 0 aromatic carbocycles. The monoisotopic (exact) mass is 237 g/mol. The van der Waals surface area contributed by atoms with Gasteiger partial charge in [-0.3, -0.25) is 10.1 Å². The number of H-pyrrole nitrogens is 1. The van der Waals surface area contributed by atoms with Gasteiger partial charge in [0, 0.05) is 18.5 Å². The topological polar surface area (TPSA) is 111 Å². The van der Waals surface area contributed by atoms with E-state index in [0.717, 1.165) is 11.8 Å². The van der Waals surface area contributed by atoms with E-state index in [2.05, 4.69) is 15.0 Å². The molecule has 0 amide bonds. The number of aromatic amines is 1. The number of rotatable bonds is 3. The molecule has 0 bridgehead atoms. The molecule has 0 saturated carbocycles. The summed E-state index contributed by atoms with van der Waals surface area (Å²) in [6, 6.07) is 2.72. The van der Waals surface area contributed by atoms with E-state index in [1.165, 1.54) is 12.1 Å². The molecule has 0 unspecified atom stereocenters. The van der Waals surface area contributed by atoms with Crippen LogP contribution < -0.4 is 5.73 Å². The number of nitrogen functional groups attached to an aromatic ring is 1. The van der Waals surface area contributed by atoms with Crippen molar-refractivity contribution in [2.75, 3.05) is 5.73 Å². The van der Waals surface area contributed by atoms with Gasteiger partial charge in [0.25, 0.3) is 0 Å². The largest absolute Gasteiger partial charge is 0.384 e. The number of nitrogens with two attached hydrogens (primary N) is 1. The minimum atomic E-state index is -0.502. The molecule has 8 heteroatoms. The zero-order valence-electron chi connectivity index (χ0n) is 7.95. The predicted molar refractivity (Wildman–Crippen MR) is 58.0 cm³/mol. The van der Waals surface area contributed by atoms with Gasteiger partial charge in [-0.25, -0.2) is 9.97 Å². The predicted octanol–water partition coefficient (Wildman–Crippen LogP) is 1.45. The van der Waals surface area contributed by atoms with Crippen LogP contribution in [-0.2, 0) is 0 Å². The summed E-state index contributed by atoms with van der Waals surface area (Å²) in [6.07, 6.45) is 3.18. The first-order valence-corrected chi connectivity index (χ1v) is 5.06. The van der Waals surface area contributed by atoms with E-state index < -0.39 is 4.92 Å². The molecule has 0 aliphatic carbocycles. The summed E-state index contributed by atoms with van der Waals surface area (Å²) in [5.74, 6) is 0.236. The van der Waals surface area contributed by atoms with E-state index in [4.69, 9.17) is 5.73 Å². The summed E-state index contributed by atoms with van der Waals surface area (Å²) < 4.78 is 0. The van der Waals surface area contributed by atoms with Crippen molar-refractivity contribution in [2.45, 2.75) is 10.2 Å². The van der Waals surface area contributed by atoms with Crippen LogP contribution in [0.1, 0.15) is 0 Å². The molecule has 2 aromatic rings. The Morgan fingerprint density at radius 3 is 2.94 bits per heavy atom. The molecule has 2 aromatic heterocycles. The van der Waals surface area contributed by atoms with Gasteiger partial charge in [-0.15, -0.1) is 0 Å². The molecule has 7 nitrogen and oxygen atoms in total. The summed E-state index contributed by atoms with van der Waals surface area (Å²) >= 11 is 1.06. The Labute approximate surface area is 94.3 Å². The highest BCUT2D eigenvalue weighted by Gasteiger charge is 2.17. The lowest BCUT2D eigenvalue weighted by Gasteiger charge is -2.00. The third-order valence-electron chi connectivity index (χ3n) is 1.72. The SMILES string of the molecule is Nc1ccc([N+](=O)[O-])c(Sc2ncc[nH]2)n1. The number of hydrogen-bond acceptors (Lipinski definition) is 6. The minimum Gasteiger partial charge on any atom is -0.384 e. The summed E-state index contributed by atoms with van der Waals surface area (Å²) in [5, 5.41) is 11.5. The molecule has 82 valence electrons. The molecule has 0 aliphatic heterocycles. The molecule has 0 fully saturated rings. The molecule has 0 radical (unpaired) electrons. The van der Waals surface area contributed by atoms with Gasteiger partial charge in [0.05, 0.1) is 4.92 Å². The van der Waals surface area contributed by atoms with Crippen molar-refractivity contribution in [1.29, 1.82) is 0 Å². The molecule has 0 spiro atoms. The van der Waals surface area contributed by atoms with Crippen molar-refractivity contribution < 1.29 is 4.92 Å². The molecule has 0 atom stereocenters. The number of nitrogens with one attached hydrogen (secondary N) is 1. The van der Waals surface area contributed by atoms with Gasteiger partial charge < -0.3 is 10.7 Å². The average molecular weight is 237 g/mol. The maximum atomic E-state index is 10.7. The zero-order chi connectivity index (χ0) is 11.5. The Hall–Kier alpha value is -2.09. The molecule has 0 saturated heterocycles. The lowest BCUT2D eigenvalue weighted by Crippen LogP contribution is -1.97. The number of pyridine rings is 1. The van der Waals surface area contributed by atoms with E-state index in [1.807, 2.05) is 0 Å². The fraction of sp³-hybridized carbons (Fsp3) is 0. The maximum Gasteiger partial charge on any atom is 0.301 e. The van der Waals surface area contributed by atoms with Gasteiger partial charge in [0.1, 0.15) is 5.82 Å². The molecule has 2 rings (SSSR count). The highest BCUT2D eigenvalue weighted by atomic mass is 32.2. The van der Waals surface area contributed by atoms with Crippen LogP contribution in [-0.4, -0.2) is 19.9 Å². The fourth-order valence-corrected chi connectivity index (χ4v) is 1.88. The number of anilines is 1. The Bertz CT molecular complexity index is 513. The van der Waals surface area contributed by atoms with Crippen LogP contribution in [0.25, 0.3) is 0 Å². The second kappa shape index (κ2) is 4.19. The zero-order valence-corrected chi connectivity index (χ0v) is 8.77. The number of imidazole rings is 1. The molecular formula is C8H7N5O2S. The van der Waals surface area contributed by atoms with Crippen molar-refractivity contribution in [3.05, 3.63) is 34.6 Å². The Kier molecular flexibility index (Phi) is 2.73. The van der Waals surface area contributed by atoms with Gasteiger partial charge in [-0.2, -0.15) is 0 Å². The highest BCUT2D eigenvalue weighted by molar-refractivity contribution is 7.99. The van der Waals surface area contributed by atoms with Gasteiger partial charge in [0.2, 0.25) is 0 Å². The smallest absolute Gasteiger partial charge is 0.301 e. The van der Waals surface area contributed by atoms with Crippen LogP contribution in [0.5, 0.6) is 0 Å². The van der Waals surface area contributed by atoms with Crippen LogP contribution in [0.2, 0.25) is 0 Å². The normalized spacial score (nSPS) is 10.2. The first-order valence-electron chi connectivity index (χ1n) is 4.25. The maximum absolute atomic E-state index is 10.7. The molecule has 3 N–H and O–H groups in total. The second-order valence-electron chi connectivity index (χ2n) is 2.81. The van der Waals surface area contributed by atoms with Gasteiger partial charge in [0.15, 0.2) is 10.2 Å². The van der Waals surface area contributed by atoms with Crippen LogP contribution in [0.15, 0.2) is 34.7 Å². The van der Waals surface area contributed by atoms with Crippen molar-refractivity contribution in [3.63, 3.8) is 0 Å². The van der Waals surface area contributed by atoms with E-state index in [1.54, 1.807) is 12.4 Å². The van der Waals surface area contributed by atoms with Crippen LogP contribution in [0.4, 0.5) is 11.5 Å². The highest BCUT2D eigenvalue weighted by Crippen LogP contribution is 2.31. The average Bonchev–Trinajstić information content (AvgIpc) is 2.70. The van der Waals surface area contributed by atoms with Crippen LogP contribution in [0, 0.1) is 10.1 Å². The fourth-order valence-electron chi connectivity index (χ4n) is 1.06. The first kappa shape index (κ1) is 10.4. The Balaban J connectivity index is 2.38. The number of nitro groups is 1. The van der Waals surface area contributed by atoms with Gasteiger partial charge in [-0.05, 0) is 17.8 Å². The van der Waals surface area contributed by atoms with Crippen LogP contribution >= 0.6 is 11.8 Å². The number of hydrogen-bond donors (Lipinski definition) is 2. The summed E-state index contributed by atoms with van der Waals surface area (Å²) in [7, 11) is 0. The third kappa shape index (κ3) is 2.11. The summed E-state index contributed by atoms with van der Waals surface area (Å²) in [6.45, 7) is 0. The number of nitrogens with zero attached hydrogens (tertiary/aromatic N) is 3. The lowest BCUT2D eigenvalue weighted by atomic mass is 10.4.